The second kappa shape index (κ2) is 5.76. The highest BCUT2D eigenvalue weighted by molar-refractivity contribution is 7.86. The average Bonchev–Trinajstić information content (AvgIpc) is 2.85. The molecule has 2 saturated heterocycles. The van der Waals surface area contributed by atoms with Crippen LogP contribution in [0.3, 0.4) is 0 Å². The Balaban J connectivity index is 1.90. The molecule has 2 fully saturated rings. The Hall–Kier alpha value is -1.03. The topological polar surface area (TPSA) is 91.3 Å². The smallest absolute Gasteiger partial charge is 0.297 e. The summed E-state index contributed by atoms with van der Waals surface area (Å²) in [5.41, 5.74) is -0.207. The number of ether oxygens (including phenoxy) is 3. The van der Waals surface area contributed by atoms with E-state index in [1.165, 1.54) is 12.1 Å². The van der Waals surface area contributed by atoms with Crippen molar-refractivity contribution in [2.45, 2.75) is 62.5 Å². The maximum atomic E-state index is 12.6. The molecule has 8 heteroatoms. The lowest BCUT2D eigenvalue weighted by Gasteiger charge is -2.30. The van der Waals surface area contributed by atoms with Crippen molar-refractivity contribution in [1.82, 2.24) is 0 Å². The number of benzene rings is 1. The van der Waals surface area contributed by atoms with Gasteiger partial charge in [0.2, 0.25) is 0 Å². The van der Waals surface area contributed by atoms with Crippen LogP contribution in [0.1, 0.15) is 26.3 Å². The van der Waals surface area contributed by atoms with E-state index in [9.17, 15) is 13.5 Å². The summed E-state index contributed by atoms with van der Waals surface area (Å²) in [6.45, 7) is 6.53. The van der Waals surface area contributed by atoms with Crippen molar-refractivity contribution in [1.29, 1.82) is 0 Å². The molecule has 0 radical (unpaired) electrons. The van der Waals surface area contributed by atoms with Crippen LogP contribution in [0.2, 0.25) is 0 Å². The van der Waals surface area contributed by atoms with Crippen LogP contribution in [0.4, 0.5) is 0 Å². The molecule has 1 aromatic carbocycles. The number of aryl methyl sites for hydroxylation is 1. The van der Waals surface area contributed by atoms with Crippen LogP contribution in [0.5, 0.6) is 0 Å². The first-order chi connectivity index (χ1) is 11.1. The van der Waals surface area contributed by atoms with E-state index < -0.39 is 46.6 Å². The first kappa shape index (κ1) is 17.8. The predicted octanol–water partition coefficient (Wildman–Crippen LogP) is 1.33. The van der Waals surface area contributed by atoms with Gasteiger partial charge >= 0.3 is 0 Å². The van der Waals surface area contributed by atoms with Gasteiger partial charge in [-0.05, 0) is 39.8 Å². The largest absolute Gasteiger partial charge is 0.394 e. The lowest BCUT2D eigenvalue weighted by molar-refractivity contribution is -0.220. The monoisotopic (exact) mass is 358 g/mol. The Morgan fingerprint density at radius 3 is 2.42 bits per heavy atom. The van der Waals surface area contributed by atoms with Gasteiger partial charge in [0.25, 0.3) is 10.1 Å². The van der Waals surface area contributed by atoms with Crippen LogP contribution in [0.15, 0.2) is 29.2 Å². The molecule has 1 N–H and O–H groups in total. The van der Waals surface area contributed by atoms with Crippen molar-refractivity contribution in [3.05, 3.63) is 29.8 Å². The number of fused-ring (bicyclic) bond motifs is 1. The predicted molar refractivity (Wildman–Crippen MR) is 83.6 cm³/mol. The van der Waals surface area contributed by atoms with Crippen molar-refractivity contribution in [3.63, 3.8) is 0 Å². The summed E-state index contributed by atoms with van der Waals surface area (Å²) in [5.74, 6) is -0.935. The van der Waals surface area contributed by atoms with Gasteiger partial charge in [0, 0.05) is 0 Å². The highest BCUT2D eigenvalue weighted by atomic mass is 32.2. The number of hydrogen-bond acceptors (Lipinski definition) is 7. The quantitative estimate of drug-likeness (QED) is 0.812. The lowest BCUT2D eigenvalue weighted by Crippen LogP contribution is -2.48. The van der Waals surface area contributed by atoms with E-state index >= 15 is 0 Å². The lowest BCUT2D eigenvalue weighted by atomic mass is 9.98. The van der Waals surface area contributed by atoms with E-state index in [0.29, 0.717) is 0 Å². The zero-order chi connectivity index (χ0) is 17.8. The molecule has 2 aliphatic rings. The van der Waals surface area contributed by atoms with E-state index in [0.717, 1.165) is 5.56 Å². The van der Waals surface area contributed by atoms with Gasteiger partial charge in [-0.2, -0.15) is 8.42 Å². The molecule has 24 heavy (non-hydrogen) atoms. The van der Waals surface area contributed by atoms with E-state index in [2.05, 4.69) is 0 Å². The number of aliphatic hydroxyl groups is 1. The summed E-state index contributed by atoms with van der Waals surface area (Å²) in [7, 11) is -4.04. The Bertz CT molecular complexity index is 712. The molecule has 0 aliphatic carbocycles. The van der Waals surface area contributed by atoms with Crippen molar-refractivity contribution in [2.75, 3.05) is 6.61 Å². The molecule has 0 bridgehead atoms. The van der Waals surface area contributed by atoms with E-state index in [1.54, 1.807) is 32.9 Å². The van der Waals surface area contributed by atoms with Crippen LogP contribution in [-0.4, -0.2) is 50.0 Å². The summed E-state index contributed by atoms with van der Waals surface area (Å²) < 4.78 is 47.7. The molecule has 0 saturated carbocycles. The molecular weight excluding hydrogens is 336 g/mol. The van der Waals surface area contributed by atoms with Crippen molar-refractivity contribution in [3.8, 4) is 0 Å². The fourth-order valence-electron chi connectivity index (χ4n) is 3.12. The van der Waals surface area contributed by atoms with E-state index in [4.69, 9.17) is 18.4 Å². The minimum absolute atomic E-state index is 0.0371. The fourth-order valence-corrected chi connectivity index (χ4v) is 4.29. The SMILES string of the molecule is Cc1ccc(S(=O)(=O)O[C@@H]2[C@@H](CO)O[C@@H]3OC(C)(C)O[C@@]32C)cc1. The third-order valence-electron chi connectivity index (χ3n) is 4.25. The summed E-state index contributed by atoms with van der Waals surface area (Å²) >= 11 is 0. The second-order valence-corrected chi connectivity index (χ2v) is 8.35. The third kappa shape index (κ3) is 2.98. The van der Waals surface area contributed by atoms with Crippen molar-refractivity contribution >= 4 is 10.1 Å². The molecule has 0 spiro atoms. The molecule has 1 aromatic rings. The second-order valence-electron chi connectivity index (χ2n) is 6.78. The van der Waals surface area contributed by atoms with Gasteiger partial charge < -0.3 is 19.3 Å². The van der Waals surface area contributed by atoms with Crippen LogP contribution >= 0.6 is 0 Å². The first-order valence-electron chi connectivity index (χ1n) is 7.72. The molecule has 2 aliphatic heterocycles. The third-order valence-corrected chi connectivity index (χ3v) is 5.56. The standard InChI is InChI=1S/C16H22O7S/c1-10-5-7-11(8-6-10)24(18,19)22-13-12(9-17)20-14-16(13,4)23-15(2,3)21-14/h5-8,12-14,17H,9H2,1-4H3/t12-,13-,14-,16-/m1/s1. The molecule has 7 nitrogen and oxygen atoms in total. The van der Waals surface area contributed by atoms with E-state index in [-0.39, 0.29) is 4.90 Å². The summed E-state index contributed by atoms with van der Waals surface area (Å²) in [4.78, 5) is 0.0371. The van der Waals surface area contributed by atoms with Gasteiger partial charge in [0.1, 0.15) is 17.8 Å². The molecular formula is C16H22O7S. The Kier molecular flexibility index (Phi) is 4.26. The molecule has 0 amide bonds. The summed E-state index contributed by atoms with van der Waals surface area (Å²) in [6.07, 6.45) is -2.71. The van der Waals surface area contributed by atoms with Crippen molar-refractivity contribution < 1.29 is 31.9 Å². The maximum absolute atomic E-state index is 12.6. The van der Waals surface area contributed by atoms with Gasteiger partial charge in [0.15, 0.2) is 12.1 Å². The maximum Gasteiger partial charge on any atom is 0.297 e. The van der Waals surface area contributed by atoms with Crippen LogP contribution in [0.25, 0.3) is 0 Å². The summed E-state index contributed by atoms with van der Waals surface area (Å²) in [5, 5.41) is 9.53. The van der Waals surface area contributed by atoms with Crippen molar-refractivity contribution in [2.24, 2.45) is 0 Å². The fraction of sp³-hybridized carbons (Fsp3) is 0.625. The van der Waals surface area contributed by atoms with Crippen LogP contribution in [0, 0.1) is 6.92 Å². The number of hydrogen-bond donors (Lipinski definition) is 1. The highest BCUT2D eigenvalue weighted by Gasteiger charge is 2.64. The van der Waals surface area contributed by atoms with Gasteiger partial charge in [-0.3, -0.25) is 4.18 Å². The zero-order valence-electron chi connectivity index (χ0n) is 14.1. The molecule has 0 aromatic heterocycles. The van der Waals surface area contributed by atoms with Gasteiger partial charge in [-0.1, -0.05) is 17.7 Å². The summed E-state index contributed by atoms with van der Waals surface area (Å²) in [6, 6.07) is 6.33. The molecule has 0 unspecified atom stereocenters. The van der Waals surface area contributed by atoms with Gasteiger partial charge in [0.05, 0.1) is 11.5 Å². The van der Waals surface area contributed by atoms with Crippen LogP contribution < -0.4 is 0 Å². The minimum Gasteiger partial charge on any atom is -0.394 e. The zero-order valence-corrected chi connectivity index (χ0v) is 14.9. The number of aliphatic hydroxyl groups excluding tert-OH is 1. The average molecular weight is 358 g/mol. The van der Waals surface area contributed by atoms with Gasteiger partial charge in [-0.15, -0.1) is 0 Å². The first-order valence-corrected chi connectivity index (χ1v) is 9.12. The normalized spacial score (nSPS) is 35.1. The minimum atomic E-state index is -4.04. The Morgan fingerprint density at radius 1 is 1.21 bits per heavy atom. The molecule has 2 heterocycles. The highest BCUT2D eigenvalue weighted by Crippen LogP contribution is 2.47. The van der Waals surface area contributed by atoms with Gasteiger partial charge in [-0.25, -0.2) is 0 Å². The molecule has 3 rings (SSSR count). The number of rotatable bonds is 4. The molecule has 4 atom stereocenters. The van der Waals surface area contributed by atoms with Crippen LogP contribution in [-0.2, 0) is 28.5 Å². The molecule has 134 valence electrons. The van der Waals surface area contributed by atoms with E-state index in [1.807, 2.05) is 6.92 Å². The Labute approximate surface area is 141 Å². The Morgan fingerprint density at radius 2 is 1.83 bits per heavy atom.